The van der Waals surface area contributed by atoms with E-state index in [1.807, 2.05) is 25.5 Å². The average molecular weight is 1020 g/mol. The Morgan fingerprint density at radius 3 is 2.39 bits per heavy atom. The number of hydrogen-bond acceptors (Lipinski definition) is 11. The van der Waals surface area contributed by atoms with E-state index in [2.05, 4.69) is 5.32 Å². The van der Waals surface area contributed by atoms with Crippen LogP contribution in [0.25, 0.3) is 22.0 Å². The van der Waals surface area contributed by atoms with Crippen molar-refractivity contribution in [2.24, 2.45) is 17.8 Å². The Morgan fingerprint density at radius 2 is 1.77 bits per heavy atom. The third-order valence-electron chi connectivity index (χ3n) is 14.5. The minimum absolute atomic E-state index is 0.0492. The second kappa shape index (κ2) is 20.1. The Bertz CT molecular complexity index is 2640. The van der Waals surface area contributed by atoms with Gasteiger partial charge in [0, 0.05) is 29.9 Å². The number of allylic oxidation sites excluding steroid dienone is 1. The lowest BCUT2D eigenvalue weighted by molar-refractivity contribution is -0.200. The zero-order chi connectivity index (χ0) is 51.2. The highest BCUT2D eigenvalue weighted by atomic mass is 32.2. The van der Waals surface area contributed by atoms with Crippen molar-refractivity contribution in [2.45, 2.75) is 138 Å². The van der Waals surface area contributed by atoms with Crippen molar-refractivity contribution in [2.75, 3.05) is 27.0 Å². The van der Waals surface area contributed by atoms with Crippen LogP contribution < -0.4 is 24.2 Å². The number of fused-ring (bicyclic) bond motifs is 3. The lowest BCUT2D eigenvalue weighted by Crippen LogP contribution is -2.64. The van der Waals surface area contributed by atoms with Crippen molar-refractivity contribution in [3.63, 3.8) is 0 Å². The molecule has 5 aliphatic rings. The van der Waals surface area contributed by atoms with Gasteiger partial charge in [0.1, 0.15) is 46.6 Å². The molecule has 3 aromatic rings. The third kappa shape index (κ3) is 10.5. The monoisotopic (exact) mass is 1020 g/mol. The number of alkyl halides is 4. The molecule has 4 fully saturated rings. The molecule has 1 aromatic heterocycles. The van der Waals surface area contributed by atoms with Gasteiger partial charge < -0.3 is 34.3 Å². The van der Waals surface area contributed by atoms with Gasteiger partial charge in [-0.1, -0.05) is 26.0 Å². The molecule has 4 heterocycles. The van der Waals surface area contributed by atoms with Gasteiger partial charge in [0.25, 0.3) is 5.91 Å². The van der Waals surface area contributed by atoms with E-state index in [0.717, 1.165) is 4.90 Å². The molecule has 8 rings (SSSR count). The molecule has 2 aromatic carbocycles. The first-order chi connectivity index (χ1) is 33.6. The van der Waals surface area contributed by atoms with Gasteiger partial charge in [-0.25, -0.2) is 22.6 Å². The fourth-order valence-corrected chi connectivity index (χ4v) is 11.9. The number of amides is 4. The predicted molar refractivity (Wildman–Crippen MR) is 252 cm³/mol. The van der Waals surface area contributed by atoms with Crippen LogP contribution in [0.1, 0.15) is 85.5 Å². The summed E-state index contributed by atoms with van der Waals surface area (Å²) in [5.41, 5.74) is -1.20. The Balaban J connectivity index is 1.26. The van der Waals surface area contributed by atoms with Gasteiger partial charge in [-0.3, -0.25) is 24.0 Å². The normalized spacial score (nSPS) is 29.4. The van der Waals surface area contributed by atoms with E-state index in [-0.39, 0.29) is 67.7 Å². The predicted octanol–water partition coefficient (Wildman–Crippen LogP) is 7.34. The number of carbonyl (C=O) groups excluding carboxylic acids is 3. The first-order valence-corrected chi connectivity index (χ1v) is 25.6. The molecule has 0 bridgehead atoms. The molecule has 9 atom stereocenters. The van der Waals surface area contributed by atoms with Gasteiger partial charge in [-0.05, 0) is 131 Å². The SMILES string of the molecule is COc1ccc2c(O[C@@H]3C[C@H]4C(=O)N[C@]5(C(=O)NS(=O)(=O)C6(CF)CC6)C[C@H]5/C=C\CC[C@@H](C)C[C@@H](C)[C@H](N(C(=O)O)C5CCCOC5)C(=O)N4[C@H]3C(F)(F)F)nc(-c3ccc(OC(C)C)cc3)cc2c1. The van der Waals surface area contributed by atoms with Crippen LogP contribution in [0.15, 0.2) is 60.7 Å². The van der Waals surface area contributed by atoms with Crippen molar-refractivity contribution >= 4 is 44.6 Å². The number of rotatable bonds is 12. The zero-order valence-corrected chi connectivity index (χ0v) is 41.1. The summed E-state index contributed by atoms with van der Waals surface area (Å²) in [5.74, 6) is -4.99. The van der Waals surface area contributed by atoms with Crippen LogP contribution in [0.2, 0.25) is 0 Å². The summed E-state index contributed by atoms with van der Waals surface area (Å²) in [6, 6.07) is 5.69. The highest BCUT2D eigenvalue weighted by Crippen LogP contribution is 2.49. The van der Waals surface area contributed by atoms with E-state index in [0.29, 0.717) is 53.2 Å². The zero-order valence-electron chi connectivity index (χ0n) is 40.2. The molecule has 386 valence electrons. The molecule has 4 amide bonds. The van der Waals surface area contributed by atoms with Gasteiger partial charge in [0.15, 0.2) is 6.04 Å². The number of ether oxygens (including phenoxy) is 4. The molecule has 3 N–H and O–H groups in total. The summed E-state index contributed by atoms with van der Waals surface area (Å²) in [6.45, 7) is 6.13. The molecule has 71 heavy (non-hydrogen) atoms. The van der Waals surface area contributed by atoms with Crippen LogP contribution >= 0.6 is 0 Å². The lowest BCUT2D eigenvalue weighted by atomic mass is 9.86. The van der Waals surface area contributed by atoms with Crippen molar-refractivity contribution in [1.82, 2.24) is 24.8 Å². The van der Waals surface area contributed by atoms with Gasteiger partial charge in [-0.15, -0.1) is 0 Å². The smallest absolute Gasteiger partial charge is 0.412 e. The number of carboxylic acid groups (broad SMARTS) is 1. The number of methoxy groups -OCH3 is 1. The fourth-order valence-electron chi connectivity index (χ4n) is 10.5. The summed E-state index contributed by atoms with van der Waals surface area (Å²) >= 11 is 0. The summed E-state index contributed by atoms with van der Waals surface area (Å²) in [7, 11) is -3.17. The van der Waals surface area contributed by atoms with Crippen molar-refractivity contribution in [3.8, 4) is 28.6 Å². The van der Waals surface area contributed by atoms with Gasteiger partial charge in [0.05, 0.1) is 31.6 Å². The Morgan fingerprint density at radius 1 is 1.06 bits per heavy atom. The molecule has 0 spiro atoms. The summed E-state index contributed by atoms with van der Waals surface area (Å²) in [6.07, 6.45) is -5.00. The molecule has 16 nitrogen and oxygen atoms in total. The number of pyridine rings is 1. The second-order valence-corrected chi connectivity index (χ2v) is 22.2. The van der Waals surface area contributed by atoms with Crippen LogP contribution in [0.4, 0.5) is 22.4 Å². The Labute approximate surface area is 409 Å². The van der Waals surface area contributed by atoms with Crippen LogP contribution in [0, 0.1) is 17.8 Å². The molecule has 3 aliphatic heterocycles. The molecule has 1 unspecified atom stereocenters. The van der Waals surface area contributed by atoms with E-state index in [1.165, 1.54) is 7.11 Å². The Hall–Kier alpha value is -5.70. The highest BCUT2D eigenvalue weighted by Gasteiger charge is 2.66. The third-order valence-corrected chi connectivity index (χ3v) is 16.7. The molecule has 2 aliphatic carbocycles. The maximum absolute atomic E-state index is 16.3. The van der Waals surface area contributed by atoms with E-state index >= 15 is 22.8 Å². The maximum atomic E-state index is 16.3. The molecule has 0 radical (unpaired) electrons. The second-order valence-electron chi connectivity index (χ2n) is 20.1. The number of aromatic nitrogens is 1. The van der Waals surface area contributed by atoms with Crippen LogP contribution in [0.5, 0.6) is 17.4 Å². The molecule has 2 saturated carbocycles. The Kier molecular flexibility index (Phi) is 14.6. The van der Waals surface area contributed by atoms with Crippen LogP contribution in [-0.4, -0.2) is 132 Å². The first-order valence-electron chi connectivity index (χ1n) is 24.1. The molecular weight excluding hydrogens is 955 g/mol. The van der Waals surface area contributed by atoms with Gasteiger partial charge in [0.2, 0.25) is 27.7 Å². The van der Waals surface area contributed by atoms with E-state index < -0.39 is 106 Å². The van der Waals surface area contributed by atoms with Crippen molar-refractivity contribution in [3.05, 3.63) is 60.7 Å². The van der Waals surface area contributed by atoms with Crippen LogP contribution in [0.3, 0.4) is 0 Å². The summed E-state index contributed by atoms with van der Waals surface area (Å²) in [4.78, 5) is 64.3. The van der Waals surface area contributed by atoms with E-state index in [1.54, 1.807) is 67.6 Å². The van der Waals surface area contributed by atoms with Gasteiger partial charge in [-0.2, -0.15) is 13.2 Å². The number of benzene rings is 2. The number of nitrogens with one attached hydrogen (secondary N) is 2. The maximum Gasteiger partial charge on any atom is 0.412 e. The van der Waals surface area contributed by atoms with E-state index in [4.69, 9.17) is 23.9 Å². The lowest BCUT2D eigenvalue weighted by Gasteiger charge is -2.43. The molecular formula is C50H61F4N5O11S. The first kappa shape index (κ1) is 51.6. The topological polar surface area (TPSA) is 203 Å². The quantitative estimate of drug-likeness (QED) is 0.121. The number of carbonyl (C=O) groups is 4. The number of hydrogen-bond donors (Lipinski definition) is 3. The van der Waals surface area contributed by atoms with Gasteiger partial charge >= 0.3 is 12.3 Å². The number of sulfonamides is 1. The minimum Gasteiger partial charge on any atom is -0.497 e. The fraction of sp³-hybridized carbons (Fsp3) is 0.580. The number of nitrogens with zero attached hydrogens (tertiary/aromatic N) is 3. The number of halogens is 4. The summed E-state index contributed by atoms with van der Waals surface area (Å²) in [5, 5.41) is 14.2. The minimum atomic E-state index is -5.33. The average Bonchev–Trinajstić information content (AvgIpc) is 4.23. The molecule has 21 heteroatoms. The van der Waals surface area contributed by atoms with Crippen LogP contribution in [-0.2, 0) is 29.1 Å². The standard InChI is InChI=1S/C50H61F4N5O11S/c1-28(2)69-35-14-12-31(13-15-35)38-23-32-22-36(67-5)16-17-37(32)44(55-38)70-40-24-39-43(60)56-49(46(62)57-71(65,66)48(27-51)18-19-48)25-33(49)10-7-6-9-29(3)21-30(4)41(45(61)59(39)42(40)50(52,53)54)58(47(63)64)34-11-8-20-68-26-34/h7,10,12-17,22-23,28-30,33-34,39-42H,6,8-9,11,18-21,24-27H2,1-5H3,(H,56,60)(H,57,62)(H,63,64)/b10-7-/t29-,30-,33-,34?,39+,40-,41+,42-,49-/m1/s1. The van der Waals surface area contributed by atoms with Crippen molar-refractivity contribution in [1.29, 1.82) is 0 Å². The van der Waals surface area contributed by atoms with E-state index in [9.17, 15) is 27.5 Å². The summed E-state index contributed by atoms with van der Waals surface area (Å²) < 4.78 is 113. The largest absolute Gasteiger partial charge is 0.497 e. The highest BCUT2D eigenvalue weighted by molar-refractivity contribution is 7.91. The van der Waals surface area contributed by atoms with Crippen molar-refractivity contribution < 1.29 is 69.2 Å². The molecule has 2 saturated heterocycles.